The van der Waals surface area contributed by atoms with E-state index in [1.165, 1.54) is 13.2 Å². The van der Waals surface area contributed by atoms with E-state index in [1.807, 2.05) is 12.1 Å². The van der Waals surface area contributed by atoms with Gasteiger partial charge in [0.1, 0.15) is 12.4 Å². The molecule has 162 valence electrons. The van der Waals surface area contributed by atoms with Gasteiger partial charge in [0.05, 0.1) is 21.3 Å². The topological polar surface area (TPSA) is 55.8 Å². The molecule has 0 atom stereocenters. The van der Waals surface area contributed by atoms with Gasteiger partial charge < -0.3 is 9.47 Å². The van der Waals surface area contributed by atoms with Gasteiger partial charge in [0.2, 0.25) is 0 Å². The van der Waals surface area contributed by atoms with Gasteiger partial charge in [0.15, 0.2) is 11.5 Å². The lowest BCUT2D eigenvalue weighted by molar-refractivity contribution is -0.113. The molecule has 0 spiro atoms. The minimum Gasteiger partial charge on any atom is -0.493 e. The number of carbonyl (C=O) groups excluding carboxylic acids is 2. The van der Waals surface area contributed by atoms with E-state index >= 15 is 0 Å². The number of hydrogen-bond donors (Lipinski definition) is 0. The molecule has 0 aliphatic carbocycles. The van der Waals surface area contributed by atoms with Crippen LogP contribution in [0.1, 0.15) is 11.1 Å². The first-order chi connectivity index (χ1) is 15.5. The molecule has 0 bridgehead atoms. The number of hydrogen-bond acceptors (Lipinski definition) is 5. The maximum Gasteiger partial charge on any atom is 0.298 e. The number of amides is 2. The Labute approximate surface area is 202 Å². The number of anilines is 1. The van der Waals surface area contributed by atoms with E-state index in [4.69, 9.17) is 9.47 Å². The third-order valence-electron chi connectivity index (χ3n) is 4.69. The number of carbonyl (C=O) groups is 2. The van der Waals surface area contributed by atoms with Crippen LogP contribution in [0.3, 0.4) is 0 Å². The van der Waals surface area contributed by atoms with Gasteiger partial charge in [0, 0.05) is 5.56 Å². The summed E-state index contributed by atoms with van der Waals surface area (Å²) in [4.78, 5) is 26.7. The van der Waals surface area contributed by atoms with E-state index < -0.39 is 0 Å². The SMILES string of the molecule is COc1cc(/C=C2\SC(=O)N(c3ccccc3)C2=O)cc(I)c1OCc1ccccc1F. The first kappa shape index (κ1) is 22.3. The first-order valence-corrected chi connectivity index (χ1v) is 11.4. The molecule has 0 N–H and O–H groups in total. The standard InChI is InChI=1S/C24H17FINO4S/c1-30-20-12-15(11-19(26)22(20)31-14-16-7-5-6-10-18(16)25)13-21-23(28)27(24(29)32-21)17-8-3-2-4-9-17/h2-13H,14H2,1H3/b21-13-. The summed E-state index contributed by atoms with van der Waals surface area (Å²) in [6, 6.07) is 18.7. The van der Waals surface area contributed by atoms with Crippen LogP contribution in [-0.4, -0.2) is 18.3 Å². The summed E-state index contributed by atoms with van der Waals surface area (Å²) in [7, 11) is 1.51. The zero-order valence-electron chi connectivity index (χ0n) is 16.9. The highest BCUT2D eigenvalue weighted by molar-refractivity contribution is 14.1. The number of methoxy groups -OCH3 is 1. The third kappa shape index (κ3) is 4.66. The van der Waals surface area contributed by atoms with Crippen molar-refractivity contribution in [3.63, 3.8) is 0 Å². The second-order valence-corrected chi connectivity index (χ2v) is 8.92. The van der Waals surface area contributed by atoms with Crippen LogP contribution in [0, 0.1) is 9.39 Å². The number of benzene rings is 3. The predicted molar refractivity (Wildman–Crippen MR) is 131 cm³/mol. The van der Waals surface area contributed by atoms with E-state index in [1.54, 1.807) is 54.6 Å². The molecular formula is C24H17FINO4S. The lowest BCUT2D eigenvalue weighted by Crippen LogP contribution is -2.27. The van der Waals surface area contributed by atoms with Crippen molar-refractivity contribution >= 4 is 57.3 Å². The molecule has 1 saturated heterocycles. The van der Waals surface area contributed by atoms with Crippen molar-refractivity contribution in [1.82, 2.24) is 0 Å². The molecule has 1 heterocycles. The number of para-hydroxylation sites is 1. The molecule has 1 aliphatic rings. The molecule has 0 radical (unpaired) electrons. The quantitative estimate of drug-likeness (QED) is 0.263. The Bertz CT molecular complexity index is 1220. The summed E-state index contributed by atoms with van der Waals surface area (Å²) in [5, 5.41) is -0.348. The van der Waals surface area contributed by atoms with Crippen LogP contribution in [0.2, 0.25) is 0 Å². The fourth-order valence-electron chi connectivity index (χ4n) is 3.15. The lowest BCUT2D eigenvalue weighted by Gasteiger charge is -2.14. The van der Waals surface area contributed by atoms with Crippen molar-refractivity contribution in [2.24, 2.45) is 0 Å². The molecule has 0 saturated carbocycles. The molecule has 5 nitrogen and oxygen atoms in total. The van der Waals surface area contributed by atoms with Crippen LogP contribution in [0.5, 0.6) is 11.5 Å². The predicted octanol–water partition coefficient (Wildman–Crippen LogP) is 6.26. The zero-order valence-corrected chi connectivity index (χ0v) is 19.9. The van der Waals surface area contributed by atoms with Gasteiger partial charge in [-0.05, 0) is 76.3 Å². The van der Waals surface area contributed by atoms with Gasteiger partial charge in [0.25, 0.3) is 11.1 Å². The van der Waals surface area contributed by atoms with Crippen molar-refractivity contribution < 1.29 is 23.5 Å². The van der Waals surface area contributed by atoms with Crippen molar-refractivity contribution in [2.75, 3.05) is 12.0 Å². The minimum absolute atomic E-state index is 0.0499. The molecule has 4 rings (SSSR count). The summed E-state index contributed by atoms with van der Waals surface area (Å²) in [6.45, 7) is 0.0499. The fourth-order valence-corrected chi connectivity index (χ4v) is 4.77. The van der Waals surface area contributed by atoms with Crippen molar-refractivity contribution in [2.45, 2.75) is 6.61 Å². The molecule has 2 amide bonds. The normalized spacial score (nSPS) is 14.8. The van der Waals surface area contributed by atoms with E-state index in [-0.39, 0.29) is 23.6 Å². The number of ether oxygens (including phenoxy) is 2. The van der Waals surface area contributed by atoms with Crippen molar-refractivity contribution in [1.29, 1.82) is 0 Å². The van der Waals surface area contributed by atoms with Crippen molar-refractivity contribution in [3.8, 4) is 11.5 Å². The number of rotatable bonds is 6. The highest BCUT2D eigenvalue weighted by atomic mass is 127. The Morgan fingerprint density at radius 3 is 2.50 bits per heavy atom. The summed E-state index contributed by atoms with van der Waals surface area (Å²) in [5.74, 6) is 0.208. The minimum atomic E-state index is -0.375. The van der Waals surface area contributed by atoms with Crippen LogP contribution < -0.4 is 14.4 Å². The second kappa shape index (κ2) is 9.74. The molecule has 1 fully saturated rings. The molecule has 3 aromatic carbocycles. The number of halogens is 2. The molecule has 3 aromatic rings. The number of thioether (sulfide) groups is 1. The van der Waals surface area contributed by atoms with E-state index in [2.05, 4.69) is 22.6 Å². The van der Waals surface area contributed by atoms with Gasteiger partial charge in [-0.3, -0.25) is 9.59 Å². The van der Waals surface area contributed by atoms with E-state index in [0.717, 1.165) is 20.2 Å². The second-order valence-electron chi connectivity index (χ2n) is 6.77. The smallest absolute Gasteiger partial charge is 0.298 e. The Morgan fingerprint density at radius 1 is 1.06 bits per heavy atom. The zero-order chi connectivity index (χ0) is 22.7. The van der Waals surface area contributed by atoms with Gasteiger partial charge in [-0.25, -0.2) is 9.29 Å². The summed E-state index contributed by atoms with van der Waals surface area (Å²) >= 11 is 2.99. The lowest BCUT2D eigenvalue weighted by atomic mass is 10.1. The fraction of sp³-hybridized carbons (Fsp3) is 0.0833. The maximum absolute atomic E-state index is 13.9. The largest absolute Gasteiger partial charge is 0.493 e. The maximum atomic E-state index is 13.9. The average Bonchev–Trinajstić information content (AvgIpc) is 3.07. The van der Waals surface area contributed by atoms with Crippen LogP contribution in [0.4, 0.5) is 14.9 Å². The molecule has 8 heteroatoms. The Balaban J connectivity index is 1.59. The molecular weight excluding hydrogens is 544 g/mol. The van der Waals surface area contributed by atoms with Crippen LogP contribution in [0.25, 0.3) is 6.08 Å². The Morgan fingerprint density at radius 2 is 1.78 bits per heavy atom. The summed E-state index contributed by atoms with van der Waals surface area (Å²) in [5.41, 5.74) is 1.65. The highest BCUT2D eigenvalue weighted by Gasteiger charge is 2.36. The average molecular weight is 561 g/mol. The van der Waals surface area contributed by atoms with Crippen LogP contribution in [0.15, 0.2) is 71.6 Å². The van der Waals surface area contributed by atoms with Gasteiger partial charge in [-0.15, -0.1) is 0 Å². The van der Waals surface area contributed by atoms with Gasteiger partial charge in [-0.1, -0.05) is 36.4 Å². The summed E-state index contributed by atoms with van der Waals surface area (Å²) < 4.78 is 25.9. The Hall–Kier alpha value is -2.85. The number of imide groups is 1. The van der Waals surface area contributed by atoms with E-state index in [9.17, 15) is 14.0 Å². The third-order valence-corrected chi connectivity index (χ3v) is 6.36. The molecule has 1 aliphatic heterocycles. The van der Waals surface area contributed by atoms with E-state index in [0.29, 0.717) is 33.2 Å². The van der Waals surface area contributed by atoms with Crippen molar-refractivity contribution in [3.05, 3.63) is 92.1 Å². The number of nitrogens with zero attached hydrogens (tertiary/aromatic N) is 1. The monoisotopic (exact) mass is 561 g/mol. The molecule has 32 heavy (non-hydrogen) atoms. The molecule has 0 unspecified atom stereocenters. The van der Waals surface area contributed by atoms with Gasteiger partial charge in [-0.2, -0.15) is 0 Å². The summed E-state index contributed by atoms with van der Waals surface area (Å²) in [6.07, 6.45) is 1.65. The van der Waals surface area contributed by atoms with Crippen LogP contribution in [-0.2, 0) is 11.4 Å². The van der Waals surface area contributed by atoms with Gasteiger partial charge >= 0.3 is 0 Å². The first-order valence-electron chi connectivity index (χ1n) is 9.54. The highest BCUT2D eigenvalue weighted by Crippen LogP contribution is 2.39. The van der Waals surface area contributed by atoms with Crippen LogP contribution >= 0.6 is 34.4 Å². The Kier molecular flexibility index (Phi) is 6.80. The molecule has 0 aromatic heterocycles.